The zero-order valence-electron chi connectivity index (χ0n) is 29.4. The molecule has 0 heterocycles. The summed E-state index contributed by atoms with van der Waals surface area (Å²) in [5.41, 5.74) is 6.23. The average molecular weight is 697 g/mol. The van der Waals surface area contributed by atoms with Crippen LogP contribution >= 0.6 is 14.3 Å². The van der Waals surface area contributed by atoms with Gasteiger partial charge < -0.3 is 9.13 Å². The molecule has 50 heavy (non-hydrogen) atoms. The van der Waals surface area contributed by atoms with Crippen LogP contribution < -0.4 is 21.2 Å². The van der Waals surface area contributed by atoms with Crippen molar-refractivity contribution in [1.82, 2.24) is 0 Å². The predicted octanol–water partition coefficient (Wildman–Crippen LogP) is 9.53. The molecular formula is C44H42O4P2. The molecule has 0 atom stereocenters. The lowest BCUT2D eigenvalue weighted by atomic mass is 10.0. The van der Waals surface area contributed by atoms with Gasteiger partial charge in [0.25, 0.3) is 0 Å². The normalized spacial score (nSPS) is 11.3. The van der Waals surface area contributed by atoms with Crippen LogP contribution in [-0.4, -0.2) is 11.0 Å². The van der Waals surface area contributed by atoms with E-state index in [4.69, 9.17) is 0 Å². The van der Waals surface area contributed by atoms with Gasteiger partial charge in [0.1, 0.15) is 0 Å². The van der Waals surface area contributed by atoms with Gasteiger partial charge in [-0.1, -0.05) is 157 Å². The van der Waals surface area contributed by atoms with E-state index in [2.05, 4.69) is 0 Å². The fraction of sp³-hybridized carbons (Fsp3) is 0.136. The van der Waals surface area contributed by atoms with Crippen molar-refractivity contribution in [2.24, 2.45) is 0 Å². The summed E-state index contributed by atoms with van der Waals surface area (Å²) in [6, 6.07) is 44.2. The minimum absolute atomic E-state index is 0.292. The molecule has 6 aromatic rings. The maximum absolute atomic E-state index is 14.2. The Balaban J connectivity index is 0.000000194. The first-order valence-corrected chi connectivity index (χ1v) is 20.0. The van der Waals surface area contributed by atoms with Gasteiger partial charge in [0.05, 0.1) is 0 Å². The molecule has 0 aliphatic heterocycles. The molecule has 4 nitrogen and oxygen atoms in total. The first-order chi connectivity index (χ1) is 23.9. The van der Waals surface area contributed by atoms with E-state index in [1.54, 1.807) is 48.5 Å². The Morgan fingerprint density at radius 2 is 0.560 bits per heavy atom. The van der Waals surface area contributed by atoms with E-state index in [-0.39, 0.29) is 11.0 Å². The molecule has 0 bridgehead atoms. The molecule has 0 aliphatic carbocycles. The molecule has 0 spiro atoms. The summed E-state index contributed by atoms with van der Waals surface area (Å²) in [6.45, 7) is 11.6. The third kappa shape index (κ3) is 7.19. The molecule has 0 amide bonds. The number of aryl methyl sites for hydroxylation is 6. The number of carbonyl (C=O) groups excluding carboxylic acids is 2. The summed E-state index contributed by atoms with van der Waals surface area (Å²) in [4.78, 5) is 27.1. The molecule has 0 aliphatic rings. The summed E-state index contributed by atoms with van der Waals surface area (Å²) in [5.74, 6) is 0. The molecule has 0 saturated carbocycles. The van der Waals surface area contributed by atoms with Gasteiger partial charge in [-0.25, -0.2) is 0 Å². The van der Waals surface area contributed by atoms with Crippen LogP contribution in [0, 0.1) is 41.5 Å². The quantitative estimate of drug-likeness (QED) is 0.149. The Kier molecular flexibility index (Phi) is 11.2. The lowest BCUT2D eigenvalue weighted by Gasteiger charge is -2.20. The highest BCUT2D eigenvalue weighted by atomic mass is 31.2. The third-order valence-electron chi connectivity index (χ3n) is 8.83. The minimum Gasteiger partial charge on any atom is -0.305 e. The van der Waals surface area contributed by atoms with Crippen LogP contribution in [0.2, 0.25) is 0 Å². The fourth-order valence-corrected chi connectivity index (χ4v) is 11.9. The third-order valence-corrected chi connectivity index (χ3v) is 14.5. The second kappa shape index (κ2) is 15.3. The molecular weight excluding hydrogens is 654 g/mol. The topological polar surface area (TPSA) is 68.3 Å². The average Bonchev–Trinajstić information content (AvgIpc) is 3.11. The molecule has 0 unspecified atom stereocenters. The van der Waals surface area contributed by atoms with E-state index in [0.717, 1.165) is 33.4 Å². The number of carbonyl (C=O) groups is 2. The van der Waals surface area contributed by atoms with Crippen LogP contribution in [0.3, 0.4) is 0 Å². The van der Waals surface area contributed by atoms with Crippen molar-refractivity contribution in [3.05, 3.63) is 190 Å². The van der Waals surface area contributed by atoms with Crippen molar-refractivity contribution in [3.63, 3.8) is 0 Å². The van der Waals surface area contributed by atoms with Crippen molar-refractivity contribution >= 4 is 46.6 Å². The summed E-state index contributed by atoms with van der Waals surface area (Å²) in [5, 5.41) is 2.30. The van der Waals surface area contributed by atoms with Gasteiger partial charge in [-0.15, -0.1) is 0 Å². The molecule has 6 aromatic carbocycles. The Morgan fingerprint density at radius 1 is 0.360 bits per heavy atom. The first kappa shape index (κ1) is 36.4. The maximum Gasteiger partial charge on any atom is 0.230 e. The second-order valence-electron chi connectivity index (χ2n) is 12.7. The molecule has 6 rings (SSSR count). The van der Waals surface area contributed by atoms with Crippen LogP contribution in [0.1, 0.15) is 54.1 Å². The SMILES string of the molecule is Cc1cc(C)c(C(=O)P(=O)(c2ccccc2)c2ccccc2)c(C)c1.Cc1cc(C)c(C(=O)P(=O)(c2ccccc2)c2ccccc2)c(C)c1. The van der Waals surface area contributed by atoms with Gasteiger partial charge >= 0.3 is 0 Å². The summed E-state index contributed by atoms with van der Waals surface area (Å²) < 4.78 is 28.3. The van der Waals surface area contributed by atoms with E-state index < -0.39 is 14.3 Å². The van der Waals surface area contributed by atoms with Crippen molar-refractivity contribution in [2.75, 3.05) is 0 Å². The molecule has 0 radical (unpaired) electrons. The van der Waals surface area contributed by atoms with Crippen LogP contribution in [0.25, 0.3) is 0 Å². The van der Waals surface area contributed by atoms with E-state index in [1.165, 1.54) is 0 Å². The highest BCUT2D eigenvalue weighted by molar-refractivity contribution is 7.94. The van der Waals surface area contributed by atoms with Crippen molar-refractivity contribution < 1.29 is 18.7 Å². The van der Waals surface area contributed by atoms with E-state index >= 15 is 0 Å². The lowest BCUT2D eigenvalue weighted by Crippen LogP contribution is -2.23. The Bertz CT molecular complexity index is 1950. The van der Waals surface area contributed by atoms with Gasteiger partial charge in [0, 0.05) is 32.3 Å². The smallest absolute Gasteiger partial charge is 0.230 e. The lowest BCUT2D eigenvalue weighted by molar-refractivity contribution is 0.106. The number of hydrogen-bond acceptors (Lipinski definition) is 4. The van der Waals surface area contributed by atoms with Gasteiger partial charge in [0.15, 0.2) is 0 Å². The van der Waals surface area contributed by atoms with Gasteiger partial charge in [0.2, 0.25) is 25.3 Å². The van der Waals surface area contributed by atoms with E-state index in [9.17, 15) is 18.7 Å². The molecule has 252 valence electrons. The predicted molar refractivity (Wildman–Crippen MR) is 209 cm³/mol. The number of hydrogen-bond donors (Lipinski definition) is 0. The van der Waals surface area contributed by atoms with Crippen LogP contribution in [0.15, 0.2) is 146 Å². The number of rotatable bonds is 8. The summed E-state index contributed by atoms with van der Waals surface area (Å²) in [6.07, 6.45) is 0. The van der Waals surface area contributed by atoms with Crippen molar-refractivity contribution in [3.8, 4) is 0 Å². The monoisotopic (exact) mass is 696 g/mol. The first-order valence-electron chi connectivity index (χ1n) is 16.6. The van der Waals surface area contributed by atoms with Gasteiger partial charge in [-0.2, -0.15) is 0 Å². The Morgan fingerprint density at radius 3 is 0.760 bits per heavy atom. The Hall–Kier alpha value is -4.88. The van der Waals surface area contributed by atoms with E-state index in [1.807, 2.05) is 139 Å². The van der Waals surface area contributed by atoms with Crippen molar-refractivity contribution in [1.29, 1.82) is 0 Å². The standard InChI is InChI=1S/2C22H21O2P/c2*1-16-14-17(2)21(18(3)15-16)22(23)25(24,19-10-6-4-7-11-19)20-12-8-5-9-13-20/h2*4-15H,1-3H3. The minimum atomic E-state index is -3.44. The van der Waals surface area contributed by atoms with Crippen LogP contribution in [0.4, 0.5) is 0 Å². The van der Waals surface area contributed by atoms with E-state index in [0.29, 0.717) is 32.3 Å². The molecule has 0 saturated heterocycles. The van der Waals surface area contributed by atoms with Crippen molar-refractivity contribution in [2.45, 2.75) is 41.5 Å². The van der Waals surface area contributed by atoms with Crippen LogP contribution in [-0.2, 0) is 9.13 Å². The highest BCUT2D eigenvalue weighted by Gasteiger charge is 2.39. The Labute approximate surface area is 296 Å². The molecule has 6 heteroatoms. The maximum atomic E-state index is 14.2. The molecule has 0 aromatic heterocycles. The largest absolute Gasteiger partial charge is 0.305 e. The van der Waals surface area contributed by atoms with Gasteiger partial charge in [-0.3, -0.25) is 9.59 Å². The zero-order valence-corrected chi connectivity index (χ0v) is 31.2. The summed E-state index contributed by atoms with van der Waals surface area (Å²) in [7, 11) is -6.89. The fourth-order valence-electron chi connectivity index (χ4n) is 6.67. The summed E-state index contributed by atoms with van der Waals surface area (Å²) >= 11 is 0. The van der Waals surface area contributed by atoms with Gasteiger partial charge in [-0.05, 0) is 63.8 Å². The second-order valence-corrected chi connectivity index (χ2v) is 18.0. The molecule has 0 fully saturated rings. The number of benzene rings is 6. The zero-order chi connectivity index (χ0) is 36.1. The van der Waals surface area contributed by atoms with Crippen LogP contribution in [0.5, 0.6) is 0 Å². The molecule has 0 N–H and O–H groups in total. The highest BCUT2D eigenvalue weighted by Crippen LogP contribution is 2.49.